The van der Waals surface area contributed by atoms with Crippen molar-refractivity contribution in [2.24, 2.45) is 23.7 Å². The second-order valence-corrected chi connectivity index (χ2v) is 19.9. The summed E-state index contributed by atoms with van der Waals surface area (Å²) in [4.78, 5) is 3.18. The average Bonchev–Trinajstić information content (AvgIpc) is 3.98. The summed E-state index contributed by atoms with van der Waals surface area (Å²) >= 11 is 4.05. The van der Waals surface area contributed by atoms with Crippen molar-refractivity contribution in [1.82, 2.24) is 0 Å². The molecule has 54 heavy (non-hydrogen) atoms. The molecule has 0 nitrogen and oxygen atoms in total. The van der Waals surface area contributed by atoms with Gasteiger partial charge in [-0.2, -0.15) is 0 Å². The third kappa shape index (κ3) is 8.10. The van der Waals surface area contributed by atoms with Gasteiger partial charge in [0.05, 0.1) is 0 Å². The third-order valence-corrected chi connectivity index (χ3v) is 16.6. The second kappa shape index (κ2) is 19.0. The molecule has 0 fully saturated rings. The van der Waals surface area contributed by atoms with Gasteiger partial charge in [0.2, 0.25) is 0 Å². The molecule has 0 amide bonds. The van der Waals surface area contributed by atoms with Crippen molar-refractivity contribution >= 4 is 33.4 Å². The summed E-state index contributed by atoms with van der Waals surface area (Å²) in [5.74, 6) is 3.10. The Bertz CT molecular complexity index is 1600. The van der Waals surface area contributed by atoms with E-state index in [4.69, 9.17) is 0 Å². The minimum absolute atomic E-state index is 0.125. The fourth-order valence-corrected chi connectivity index (χ4v) is 13.4. The summed E-state index contributed by atoms with van der Waals surface area (Å²) in [7, 11) is 0. The summed E-state index contributed by atoms with van der Waals surface area (Å²) in [6.45, 7) is 19.4. The maximum Gasteiger partial charge on any atom is 0.0387 e. The van der Waals surface area contributed by atoms with E-state index in [1.807, 2.05) is 22.7 Å². The molecule has 0 N–H and O–H groups in total. The number of hydrogen-bond acceptors (Lipinski definition) is 2. The van der Waals surface area contributed by atoms with Crippen LogP contribution in [0.1, 0.15) is 206 Å². The summed E-state index contributed by atoms with van der Waals surface area (Å²) in [6, 6.07) is 16.0. The molecule has 2 aliphatic carbocycles. The summed E-state index contributed by atoms with van der Waals surface area (Å²) < 4.78 is 0. The van der Waals surface area contributed by atoms with Crippen LogP contribution in [0.5, 0.6) is 0 Å². The monoisotopic (exact) mass is 765 g/mol. The van der Waals surface area contributed by atoms with E-state index in [0.717, 1.165) is 23.7 Å². The largest absolute Gasteiger partial charge is 0.143 e. The Morgan fingerprint density at radius 1 is 0.426 bits per heavy atom. The molecule has 0 radical (unpaired) electrons. The van der Waals surface area contributed by atoms with Crippen molar-refractivity contribution in [3.63, 3.8) is 0 Å². The molecule has 0 saturated carbocycles. The van der Waals surface area contributed by atoms with Crippen molar-refractivity contribution in [2.45, 2.75) is 195 Å². The van der Waals surface area contributed by atoms with Crippen LogP contribution in [0.2, 0.25) is 0 Å². The predicted octanol–water partition coefficient (Wildman–Crippen LogP) is 17.9. The Labute approximate surface area is 340 Å². The van der Waals surface area contributed by atoms with Gasteiger partial charge in [-0.15, -0.1) is 22.7 Å². The van der Waals surface area contributed by atoms with E-state index in [2.05, 4.69) is 103 Å². The maximum atomic E-state index is 2.75. The number of hydrogen-bond donors (Lipinski definition) is 0. The average molecular weight is 765 g/mol. The number of benzene rings is 2. The fourth-order valence-electron chi connectivity index (χ4n) is 11.4. The lowest BCUT2D eigenvalue weighted by atomic mass is 9.64. The molecule has 2 aliphatic rings. The van der Waals surface area contributed by atoms with Crippen molar-refractivity contribution in [3.8, 4) is 20.9 Å². The smallest absolute Gasteiger partial charge is 0.0387 e. The second-order valence-electron chi connectivity index (χ2n) is 18.1. The molecule has 0 saturated heterocycles. The van der Waals surface area contributed by atoms with Crippen LogP contribution in [0.25, 0.3) is 31.7 Å². The molecule has 296 valence electrons. The van der Waals surface area contributed by atoms with E-state index in [-0.39, 0.29) is 10.8 Å². The highest BCUT2D eigenvalue weighted by Gasteiger charge is 2.48. The molecule has 0 aliphatic heterocycles. The fraction of sp³-hybridized carbons (Fsp3) is 0.654. The van der Waals surface area contributed by atoms with Gasteiger partial charge in [-0.05, 0) is 141 Å². The Morgan fingerprint density at radius 3 is 1.02 bits per heavy atom. The van der Waals surface area contributed by atoms with Gasteiger partial charge in [0.15, 0.2) is 0 Å². The van der Waals surface area contributed by atoms with Crippen molar-refractivity contribution in [1.29, 1.82) is 0 Å². The first kappa shape index (κ1) is 41.7. The van der Waals surface area contributed by atoms with Crippen LogP contribution < -0.4 is 0 Å². The van der Waals surface area contributed by atoms with Crippen LogP contribution in [-0.4, -0.2) is 0 Å². The Hall–Kier alpha value is -1.90. The van der Waals surface area contributed by atoms with Crippen LogP contribution in [0, 0.1) is 23.7 Å². The number of fused-ring (bicyclic) bond motifs is 7. The lowest BCUT2D eigenvalue weighted by Gasteiger charge is -2.39. The highest BCUT2D eigenvalue weighted by atomic mass is 32.1. The van der Waals surface area contributed by atoms with Gasteiger partial charge in [-0.25, -0.2) is 0 Å². The summed E-state index contributed by atoms with van der Waals surface area (Å²) in [5, 5.41) is 7.84. The molecule has 0 bridgehead atoms. The molecule has 4 unspecified atom stereocenters. The van der Waals surface area contributed by atoms with E-state index in [1.165, 1.54) is 139 Å². The van der Waals surface area contributed by atoms with E-state index < -0.39 is 0 Å². The number of unbranched alkanes of at least 4 members (excludes halogenated alkanes) is 4. The first-order valence-electron chi connectivity index (χ1n) is 23.2. The standard InChI is InChI=1S/C52H76S2/c1-9-17-21-37(13-5)33-51(34-38(14-6)22-18-10-2)45-25-27-53-49(45)43-29-42-32-48-44(30-41(42)31-47(43)51)50-46(26-28-54-50)52(48,35-39(15-7)23-19-11-3)36-40(16-8)24-20-12-4/h25-32,37-40H,9-24,33-36H2,1-8H3. The van der Waals surface area contributed by atoms with Gasteiger partial charge in [-0.3, -0.25) is 0 Å². The van der Waals surface area contributed by atoms with Crippen molar-refractivity contribution in [3.05, 3.63) is 69.4 Å². The van der Waals surface area contributed by atoms with Crippen LogP contribution in [-0.2, 0) is 10.8 Å². The van der Waals surface area contributed by atoms with E-state index in [0.29, 0.717) is 0 Å². The minimum Gasteiger partial charge on any atom is -0.143 e. The van der Waals surface area contributed by atoms with Gasteiger partial charge in [0.1, 0.15) is 0 Å². The predicted molar refractivity (Wildman–Crippen MR) is 244 cm³/mol. The molecule has 2 aromatic heterocycles. The lowest BCUT2D eigenvalue weighted by molar-refractivity contribution is 0.266. The highest BCUT2D eigenvalue weighted by Crippen LogP contribution is 2.61. The molecule has 2 aromatic carbocycles. The van der Waals surface area contributed by atoms with E-state index in [1.54, 1.807) is 43.1 Å². The van der Waals surface area contributed by atoms with Gasteiger partial charge < -0.3 is 0 Å². The Kier molecular flexibility index (Phi) is 14.7. The first-order valence-corrected chi connectivity index (χ1v) is 24.9. The van der Waals surface area contributed by atoms with Crippen LogP contribution in [0.15, 0.2) is 47.2 Å². The lowest BCUT2D eigenvalue weighted by Crippen LogP contribution is -2.31. The zero-order valence-corrected chi connectivity index (χ0v) is 37.5. The topological polar surface area (TPSA) is 0 Å². The molecule has 0 spiro atoms. The summed E-state index contributed by atoms with van der Waals surface area (Å²) in [6.07, 6.45) is 26.5. The molecule has 2 heteroatoms. The van der Waals surface area contributed by atoms with Gasteiger partial charge >= 0.3 is 0 Å². The Morgan fingerprint density at radius 2 is 0.741 bits per heavy atom. The Balaban J connectivity index is 1.54. The maximum absolute atomic E-state index is 2.75. The minimum atomic E-state index is 0.125. The van der Waals surface area contributed by atoms with Gasteiger partial charge in [-0.1, -0.05) is 158 Å². The number of thiophene rings is 2. The molecular weight excluding hydrogens is 689 g/mol. The zero-order chi connectivity index (χ0) is 38.3. The van der Waals surface area contributed by atoms with Gasteiger partial charge in [0, 0.05) is 20.6 Å². The SMILES string of the molecule is CCCCC(CC)CC1(CC(CC)CCCC)c2cc3cc4c(cc3cc2-c2sccc21)C(CC(CC)CCCC)(CC(CC)CCCC)c1ccsc1-4. The quantitative estimate of drug-likeness (QED) is 0.0666. The summed E-state index contributed by atoms with van der Waals surface area (Å²) in [5.41, 5.74) is 10.1. The van der Waals surface area contributed by atoms with Crippen molar-refractivity contribution < 1.29 is 0 Å². The van der Waals surface area contributed by atoms with Crippen molar-refractivity contribution in [2.75, 3.05) is 0 Å². The molecule has 4 aromatic rings. The first-order chi connectivity index (χ1) is 26.4. The van der Waals surface area contributed by atoms with Crippen LogP contribution in [0.4, 0.5) is 0 Å². The normalized spacial score (nSPS) is 20.8. The van der Waals surface area contributed by atoms with Crippen LogP contribution in [0.3, 0.4) is 0 Å². The van der Waals surface area contributed by atoms with Crippen LogP contribution >= 0.6 is 22.7 Å². The third-order valence-electron chi connectivity index (χ3n) is 14.7. The van der Waals surface area contributed by atoms with E-state index >= 15 is 0 Å². The van der Waals surface area contributed by atoms with E-state index in [9.17, 15) is 0 Å². The number of rotatable bonds is 24. The zero-order valence-electron chi connectivity index (χ0n) is 35.9. The highest BCUT2D eigenvalue weighted by molar-refractivity contribution is 7.14. The molecule has 4 atom stereocenters. The molecular formula is C52H76S2. The van der Waals surface area contributed by atoms with Gasteiger partial charge in [0.25, 0.3) is 0 Å². The molecule has 2 heterocycles. The molecule has 6 rings (SSSR count).